The molecule has 0 saturated carbocycles. The zero-order valence-electron chi connectivity index (χ0n) is 17.4. The summed E-state index contributed by atoms with van der Waals surface area (Å²) in [5.41, 5.74) is 6.38. The molecule has 7 nitrogen and oxygen atoms in total. The molecule has 0 bridgehead atoms. The fraction of sp³-hybridized carbons (Fsp3) is 0.619. The molecule has 0 amide bonds. The van der Waals surface area contributed by atoms with Crippen molar-refractivity contribution in [1.82, 2.24) is 4.90 Å². The lowest BCUT2D eigenvalue weighted by atomic mass is 9.92. The number of hydrogen-bond donors (Lipinski definition) is 1. The molecule has 162 valence electrons. The second kappa shape index (κ2) is 11.1. The van der Waals surface area contributed by atoms with Gasteiger partial charge in [-0.3, -0.25) is 14.5 Å². The second-order valence-corrected chi connectivity index (χ2v) is 9.03. The Balaban J connectivity index is 1.99. The smallest absolute Gasteiger partial charge is 0.323 e. The molecule has 0 spiro atoms. The minimum atomic E-state index is -1.10. The third-order valence-corrected chi connectivity index (χ3v) is 5.07. The molecule has 1 aliphatic rings. The predicted octanol–water partition coefficient (Wildman–Crippen LogP) is 2.15. The van der Waals surface area contributed by atoms with Gasteiger partial charge in [-0.1, -0.05) is 28.1 Å². The molecule has 1 aliphatic heterocycles. The fourth-order valence-corrected chi connectivity index (χ4v) is 3.23. The van der Waals surface area contributed by atoms with Gasteiger partial charge in [-0.05, 0) is 44.9 Å². The zero-order chi connectivity index (χ0) is 21.4. The van der Waals surface area contributed by atoms with E-state index >= 15 is 0 Å². The Hall–Kier alpha value is -1.48. The molecule has 1 aromatic rings. The average molecular weight is 471 g/mol. The first-order chi connectivity index (χ1) is 13.7. The minimum absolute atomic E-state index is 0.228. The zero-order valence-corrected chi connectivity index (χ0v) is 18.9. The standard InChI is InChI=1S/C21H31BrN2O5/c1-21(2,3)29-19(25)17(14-15-4-6-16(22)7-5-15)18(23)20(26)28-13-10-24-8-11-27-12-9-24/h4-7,17-18H,8-14,23H2,1-3H3/t17?,18-/m1/s1. The molecule has 0 aromatic heterocycles. The minimum Gasteiger partial charge on any atom is -0.463 e. The van der Waals surface area contributed by atoms with E-state index in [9.17, 15) is 9.59 Å². The number of rotatable bonds is 8. The Labute approximate surface area is 181 Å². The van der Waals surface area contributed by atoms with Crippen molar-refractivity contribution in [2.45, 2.75) is 38.8 Å². The van der Waals surface area contributed by atoms with Crippen LogP contribution >= 0.6 is 15.9 Å². The van der Waals surface area contributed by atoms with Gasteiger partial charge >= 0.3 is 11.9 Å². The summed E-state index contributed by atoms with van der Waals surface area (Å²) in [5.74, 6) is -1.92. The largest absolute Gasteiger partial charge is 0.463 e. The van der Waals surface area contributed by atoms with Gasteiger partial charge in [-0.15, -0.1) is 0 Å². The summed E-state index contributed by atoms with van der Waals surface area (Å²) in [6, 6.07) is 6.44. The molecular weight excluding hydrogens is 440 g/mol. The van der Waals surface area contributed by atoms with Crippen molar-refractivity contribution < 1.29 is 23.8 Å². The van der Waals surface area contributed by atoms with Crippen LogP contribution in [0.15, 0.2) is 28.7 Å². The van der Waals surface area contributed by atoms with Crippen molar-refractivity contribution >= 4 is 27.9 Å². The van der Waals surface area contributed by atoms with E-state index in [1.54, 1.807) is 20.8 Å². The Kier molecular flexibility index (Phi) is 9.07. The van der Waals surface area contributed by atoms with Crippen molar-refractivity contribution in [2.24, 2.45) is 11.7 Å². The van der Waals surface area contributed by atoms with Crippen LogP contribution in [0.2, 0.25) is 0 Å². The Morgan fingerprint density at radius 2 is 1.79 bits per heavy atom. The first kappa shape index (κ1) is 23.8. The van der Waals surface area contributed by atoms with E-state index < -0.39 is 29.5 Å². The van der Waals surface area contributed by atoms with E-state index in [1.165, 1.54) is 0 Å². The number of nitrogens with two attached hydrogens (primary N) is 1. The number of nitrogens with zero attached hydrogens (tertiary/aromatic N) is 1. The maximum Gasteiger partial charge on any atom is 0.323 e. The van der Waals surface area contributed by atoms with Crippen LogP contribution in [-0.2, 0) is 30.2 Å². The number of benzene rings is 1. The maximum atomic E-state index is 12.8. The summed E-state index contributed by atoms with van der Waals surface area (Å²) < 4.78 is 17.1. The normalized spacial score (nSPS) is 17.4. The molecule has 2 atom stereocenters. The van der Waals surface area contributed by atoms with Crippen molar-refractivity contribution in [2.75, 3.05) is 39.5 Å². The molecule has 2 N–H and O–H groups in total. The van der Waals surface area contributed by atoms with E-state index in [4.69, 9.17) is 19.9 Å². The number of carbonyl (C=O) groups excluding carboxylic acids is 2. The highest BCUT2D eigenvalue weighted by atomic mass is 79.9. The number of morpholine rings is 1. The van der Waals surface area contributed by atoms with Crippen LogP contribution in [0, 0.1) is 5.92 Å². The van der Waals surface area contributed by atoms with Crippen LogP contribution in [0.25, 0.3) is 0 Å². The summed E-state index contributed by atoms with van der Waals surface area (Å²) in [6.07, 6.45) is 0.294. The molecule has 0 aliphatic carbocycles. The van der Waals surface area contributed by atoms with Crippen molar-refractivity contribution in [1.29, 1.82) is 0 Å². The van der Waals surface area contributed by atoms with Crippen LogP contribution in [0.5, 0.6) is 0 Å². The third-order valence-electron chi connectivity index (χ3n) is 4.54. The third kappa shape index (κ3) is 8.42. The first-order valence-electron chi connectivity index (χ1n) is 9.85. The van der Waals surface area contributed by atoms with E-state index in [0.717, 1.165) is 23.1 Å². The molecule has 1 fully saturated rings. The lowest BCUT2D eigenvalue weighted by molar-refractivity contribution is -0.165. The van der Waals surface area contributed by atoms with Crippen molar-refractivity contribution in [3.63, 3.8) is 0 Å². The van der Waals surface area contributed by atoms with Gasteiger partial charge < -0.3 is 19.9 Å². The topological polar surface area (TPSA) is 91.1 Å². The van der Waals surface area contributed by atoms with E-state index in [0.29, 0.717) is 26.2 Å². The molecular formula is C21H31BrN2O5. The highest BCUT2D eigenvalue weighted by molar-refractivity contribution is 9.10. The fourth-order valence-electron chi connectivity index (χ4n) is 2.97. The van der Waals surface area contributed by atoms with Gasteiger partial charge in [0, 0.05) is 24.1 Å². The number of halogens is 1. The molecule has 1 heterocycles. The van der Waals surface area contributed by atoms with Gasteiger partial charge in [0.1, 0.15) is 18.2 Å². The first-order valence-corrected chi connectivity index (χ1v) is 10.6. The molecule has 1 aromatic carbocycles. The van der Waals surface area contributed by atoms with Crippen LogP contribution in [0.4, 0.5) is 0 Å². The van der Waals surface area contributed by atoms with Gasteiger partial charge in [0.25, 0.3) is 0 Å². The molecule has 0 radical (unpaired) electrons. The number of carbonyl (C=O) groups is 2. The molecule has 8 heteroatoms. The lowest BCUT2D eigenvalue weighted by Gasteiger charge is -2.28. The SMILES string of the molecule is CC(C)(C)OC(=O)C(Cc1ccc(Br)cc1)[C@@H](N)C(=O)OCCN1CCOCC1. The highest BCUT2D eigenvalue weighted by Gasteiger charge is 2.35. The van der Waals surface area contributed by atoms with Crippen molar-refractivity contribution in [3.05, 3.63) is 34.3 Å². The maximum absolute atomic E-state index is 12.8. The van der Waals surface area contributed by atoms with Gasteiger partial charge in [0.15, 0.2) is 0 Å². The lowest BCUT2D eigenvalue weighted by Crippen LogP contribution is -2.47. The van der Waals surface area contributed by atoms with Gasteiger partial charge in [0.2, 0.25) is 0 Å². The number of ether oxygens (including phenoxy) is 3. The number of esters is 2. The monoisotopic (exact) mass is 470 g/mol. The van der Waals surface area contributed by atoms with Gasteiger partial charge in [0.05, 0.1) is 19.1 Å². The van der Waals surface area contributed by atoms with Crippen molar-refractivity contribution in [3.8, 4) is 0 Å². The quantitative estimate of drug-likeness (QED) is 0.581. The van der Waals surface area contributed by atoms with E-state index in [1.807, 2.05) is 24.3 Å². The predicted molar refractivity (Wildman–Crippen MR) is 113 cm³/mol. The second-order valence-electron chi connectivity index (χ2n) is 8.12. The summed E-state index contributed by atoms with van der Waals surface area (Å²) in [5, 5.41) is 0. The molecule has 1 unspecified atom stereocenters. The molecule has 1 saturated heterocycles. The average Bonchev–Trinajstić information content (AvgIpc) is 2.66. The highest BCUT2D eigenvalue weighted by Crippen LogP contribution is 2.20. The summed E-state index contributed by atoms with van der Waals surface area (Å²) in [6.45, 7) is 9.19. The molecule has 29 heavy (non-hydrogen) atoms. The van der Waals surface area contributed by atoms with E-state index in [-0.39, 0.29) is 6.61 Å². The van der Waals surface area contributed by atoms with Gasteiger partial charge in [-0.2, -0.15) is 0 Å². The van der Waals surface area contributed by atoms with Gasteiger partial charge in [-0.25, -0.2) is 0 Å². The summed E-state index contributed by atoms with van der Waals surface area (Å²) >= 11 is 3.39. The summed E-state index contributed by atoms with van der Waals surface area (Å²) in [4.78, 5) is 27.5. The van der Waals surface area contributed by atoms with Crippen LogP contribution in [0.3, 0.4) is 0 Å². The Morgan fingerprint density at radius 1 is 1.17 bits per heavy atom. The van der Waals surface area contributed by atoms with E-state index in [2.05, 4.69) is 20.8 Å². The Bertz CT molecular complexity index is 669. The Morgan fingerprint density at radius 3 is 2.38 bits per heavy atom. The van der Waals surface area contributed by atoms with Crippen LogP contribution in [-0.4, -0.2) is 67.9 Å². The van der Waals surface area contributed by atoms with Crippen LogP contribution in [0.1, 0.15) is 26.3 Å². The van der Waals surface area contributed by atoms with Crippen LogP contribution < -0.4 is 5.73 Å². The summed E-state index contributed by atoms with van der Waals surface area (Å²) in [7, 11) is 0. The molecule has 2 rings (SSSR count). The number of hydrogen-bond acceptors (Lipinski definition) is 7.